The molecule has 2 aromatic heterocycles. The van der Waals surface area contributed by atoms with Crippen molar-refractivity contribution in [2.75, 3.05) is 9.80 Å². The van der Waals surface area contributed by atoms with Gasteiger partial charge in [0.1, 0.15) is 11.7 Å². The van der Waals surface area contributed by atoms with Gasteiger partial charge in [0.25, 0.3) is 0 Å². The highest BCUT2D eigenvalue weighted by molar-refractivity contribution is 7.15. The number of para-hydroxylation sites is 4. The van der Waals surface area contributed by atoms with Crippen molar-refractivity contribution in [1.29, 1.82) is 0 Å². The molecule has 0 fully saturated rings. The quantitative estimate of drug-likeness (QED) is 0.0254. The zero-order chi connectivity index (χ0) is 64.6. The summed E-state index contributed by atoms with van der Waals surface area (Å²) in [5, 5.41) is 0.507. The van der Waals surface area contributed by atoms with Gasteiger partial charge in [-0.3, -0.25) is 17.3 Å². The lowest BCUT2D eigenvalue weighted by Crippen LogP contribution is -2.38. The van der Waals surface area contributed by atoms with Crippen LogP contribution in [-0.4, -0.2) is 46.1 Å². The SMILES string of the molecule is CCCCCCCCCc1cnc(/N=C2/C3=C(c4ccc(-c5ccc(N(c6ccccc6)c6ccccc6)cc5)cc4)N(B(F)F)/C(=N\c4ncc(CCCCCCCCC)s4)C3=C(c3ccc(-c4ccc(N(c5ccccc5)c5ccccc5)cc4)cc3)N2B(F)F)s1. The van der Waals surface area contributed by atoms with Crippen LogP contribution in [0.2, 0.25) is 0 Å². The minimum atomic E-state index is -3.17. The predicted molar refractivity (Wildman–Crippen MR) is 388 cm³/mol. The molecule has 0 amide bonds. The molecule has 2 aliphatic heterocycles. The molecule has 0 saturated heterocycles. The Morgan fingerprint density at radius 2 is 0.606 bits per heavy atom. The fourth-order valence-corrected chi connectivity index (χ4v) is 14.3. The molecule has 0 saturated carbocycles. The maximum Gasteiger partial charge on any atom is 0.679 e. The lowest BCUT2D eigenvalue weighted by Gasteiger charge is -2.26. The number of hydrogen-bond donors (Lipinski definition) is 0. The van der Waals surface area contributed by atoms with E-state index in [1.165, 1.54) is 74.0 Å². The van der Waals surface area contributed by atoms with Gasteiger partial charge in [-0.15, -0.1) is 0 Å². The Morgan fingerprint density at radius 1 is 0.340 bits per heavy atom. The maximum atomic E-state index is 16.8. The Hall–Kier alpha value is -9.11. The smallest absolute Gasteiger partial charge is 0.311 e. The van der Waals surface area contributed by atoms with Crippen molar-refractivity contribution in [2.24, 2.45) is 9.98 Å². The van der Waals surface area contributed by atoms with Gasteiger partial charge in [-0.05, 0) is 132 Å². The molecule has 16 heteroatoms. The highest BCUT2D eigenvalue weighted by Crippen LogP contribution is 2.51. The van der Waals surface area contributed by atoms with E-state index in [2.05, 4.69) is 96.4 Å². The van der Waals surface area contributed by atoms with Gasteiger partial charge in [0.15, 0.2) is 0 Å². The van der Waals surface area contributed by atoms with Gasteiger partial charge in [0, 0.05) is 56.3 Å². The van der Waals surface area contributed by atoms with Gasteiger partial charge in [-0.25, -0.2) is 20.0 Å². The maximum absolute atomic E-state index is 16.8. The van der Waals surface area contributed by atoms with Crippen LogP contribution in [-0.2, 0) is 12.8 Å². The molecular weight excluding hydrogens is 1210 g/mol. The molecule has 0 N–H and O–H groups in total. The van der Waals surface area contributed by atoms with Gasteiger partial charge in [0.2, 0.25) is 10.3 Å². The number of fused-ring (bicyclic) bond motifs is 1. The number of benzene rings is 8. The minimum absolute atomic E-state index is 0.00266. The molecule has 2 aliphatic rings. The number of anilines is 6. The van der Waals surface area contributed by atoms with Gasteiger partial charge < -0.3 is 19.4 Å². The van der Waals surface area contributed by atoms with E-state index in [9.17, 15) is 0 Å². The molecule has 0 atom stereocenters. The van der Waals surface area contributed by atoms with Crippen molar-refractivity contribution in [2.45, 2.75) is 117 Å². The Balaban J connectivity index is 0.961. The number of hydrogen-bond acceptors (Lipinski definition) is 8. The van der Waals surface area contributed by atoms with E-state index in [0.717, 1.165) is 127 Å². The number of amidine groups is 2. The summed E-state index contributed by atoms with van der Waals surface area (Å²) in [4.78, 5) is 27.6. The molecule has 0 aliphatic carbocycles. The second-order valence-electron chi connectivity index (χ2n) is 23.8. The van der Waals surface area contributed by atoms with Crippen molar-refractivity contribution in [1.82, 2.24) is 19.6 Å². The van der Waals surface area contributed by atoms with E-state index >= 15 is 17.3 Å². The number of nitrogens with zero attached hydrogens (tertiary/aromatic N) is 8. The fraction of sp³-hybridized carbons (Fsp3) is 0.231. The first-order valence-electron chi connectivity index (χ1n) is 33.2. The van der Waals surface area contributed by atoms with Crippen LogP contribution in [0.4, 0.5) is 61.7 Å². The third-order valence-corrected chi connectivity index (χ3v) is 19.2. The second-order valence-corrected chi connectivity index (χ2v) is 26.0. The zero-order valence-corrected chi connectivity index (χ0v) is 54.9. The zero-order valence-electron chi connectivity index (χ0n) is 53.3. The van der Waals surface area contributed by atoms with Crippen LogP contribution in [0.5, 0.6) is 0 Å². The third kappa shape index (κ3) is 15.3. The number of thiazole rings is 2. The summed E-state index contributed by atoms with van der Waals surface area (Å²) >= 11 is 2.68. The number of unbranched alkanes of at least 4 members (excludes halogenated alkanes) is 12. The highest BCUT2D eigenvalue weighted by Gasteiger charge is 2.53. The van der Waals surface area contributed by atoms with E-state index in [0.29, 0.717) is 11.1 Å². The first-order chi connectivity index (χ1) is 46.2. The van der Waals surface area contributed by atoms with Crippen LogP contribution >= 0.6 is 22.7 Å². The summed E-state index contributed by atoms with van der Waals surface area (Å²) in [5.41, 5.74) is 10.4. The van der Waals surface area contributed by atoms with Gasteiger partial charge in [0.05, 0.1) is 22.5 Å². The fourth-order valence-electron chi connectivity index (χ4n) is 12.6. The van der Waals surface area contributed by atoms with Crippen LogP contribution in [0.1, 0.15) is 125 Å². The van der Waals surface area contributed by atoms with Crippen molar-refractivity contribution in [3.63, 3.8) is 0 Å². The summed E-state index contributed by atoms with van der Waals surface area (Å²) in [6.07, 6.45) is 21.1. The molecule has 4 heterocycles. The van der Waals surface area contributed by atoms with Crippen molar-refractivity contribution in [3.8, 4) is 22.3 Å². The number of aryl methyl sites for hydroxylation is 2. The monoisotopic (exact) mass is 1290 g/mol. The number of rotatable bonds is 30. The van der Waals surface area contributed by atoms with Crippen LogP contribution in [0.3, 0.4) is 0 Å². The Labute approximate surface area is 559 Å². The second kappa shape index (κ2) is 31.7. The molecule has 12 rings (SSSR count). The summed E-state index contributed by atoms with van der Waals surface area (Å²) in [5.74, 6) is -0.382. The van der Waals surface area contributed by atoms with E-state index in [-0.39, 0.29) is 44.5 Å². The number of halogens is 4. The van der Waals surface area contributed by atoms with Crippen molar-refractivity contribution >= 4 is 105 Å². The molecule has 474 valence electrons. The third-order valence-electron chi connectivity index (χ3n) is 17.3. The van der Waals surface area contributed by atoms with Crippen LogP contribution in [0, 0.1) is 0 Å². The summed E-state index contributed by atoms with van der Waals surface area (Å²) in [7, 11) is -6.34. The summed E-state index contributed by atoms with van der Waals surface area (Å²) < 4.78 is 67.2. The van der Waals surface area contributed by atoms with E-state index in [1.807, 2.05) is 121 Å². The van der Waals surface area contributed by atoms with Gasteiger partial charge in [-0.2, -0.15) is 0 Å². The summed E-state index contributed by atoms with van der Waals surface area (Å²) in [6, 6.07) is 71.9. The number of aliphatic imine (C=N–C) groups is 2. The van der Waals surface area contributed by atoms with Gasteiger partial charge in [-0.1, -0.05) is 259 Å². The molecule has 0 bridgehead atoms. The molecule has 10 aromatic rings. The molecular formula is C78H76B2F4N8S2. The largest absolute Gasteiger partial charge is 0.679 e. The first kappa shape index (κ1) is 65.0. The molecule has 0 radical (unpaired) electrons. The topological polar surface area (TPSA) is 63.5 Å². The lowest BCUT2D eigenvalue weighted by atomic mass is 9.98. The Morgan fingerprint density at radius 3 is 0.904 bits per heavy atom. The summed E-state index contributed by atoms with van der Waals surface area (Å²) in [6.45, 7) is 4.43. The van der Waals surface area contributed by atoms with Gasteiger partial charge >= 0.3 is 14.8 Å². The minimum Gasteiger partial charge on any atom is -0.311 e. The molecule has 94 heavy (non-hydrogen) atoms. The normalized spacial score (nSPS) is 13.8. The Kier molecular flexibility index (Phi) is 21.9. The van der Waals surface area contributed by atoms with Crippen LogP contribution < -0.4 is 9.80 Å². The first-order valence-corrected chi connectivity index (χ1v) is 34.8. The molecule has 8 nitrogen and oxygen atoms in total. The molecule has 0 unspecified atom stereocenters. The van der Waals surface area contributed by atoms with Crippen molar-refractivity contribution in [3.05, 3.63) is 263 Å². The predicted octanol–water partition coefficient (Wildman–Crippen LogP) is 23.5. The molecule has 8 aromatic carbocycles. The van der Waals surface area contributed by atoms with Crippen molar-refractivity contribution < 1.29 is 17.3 Å². The van der Waals surface area contributed by atoms with Crippen LogP contribution in [0.25, 0.3) is 33.6 Å². The number of aromatic nitrogens is 2. The van der Waals surface area contributed by atoms with E-state index in [4.69, 9.17) is 20.0 Å². The average Bonchev–Trinajstić information content (AvgIpc) is 1.54. The van der Waals surface area contributed by atoms with Crippen LogP contribution in [0.15, 0.2) is 252 Å². The Bertz CT molecular complexity index is 3830. The lowest BCUT2D eigenvalue weighted by molar-refractivity contribution is 0.570. The van der Waals surface area contributed by atoms with E-state index < -0.39 is 14.8 Å². The average molecular weight is 1290 g/mol. The standard InChI is InChI=1S/C78H76B2F4N8S2/c1-3-5-7-9-11-13-27-37-69-55-85-77(93-69)87-75-71-72(74(91(75)79(81)82)62-45-41-58(42-46-62)60-49-53-68(54-50-60)90(65-33-23-17-24-34-65)66-35-25-18-26-36-66)76(88-78-86-56-70(94-78)38-28-14-12-10-8-6-4-2)92(80(83)84)73(71)61-43-39-57(40-44-61)59-47-51-67(52-48-59)89(63-29-19-15-20-30-63)64-31-21-16-22-32-64/h15-26,29-36,39-56H,3-14,27-28,37-38H2,1-2H3/b87-75-,88-76-. The highest BCUT2D eigenvalue weighted by atomic mass is 32.1. The molecule has 0 spiro atoms. The van der Waals surface area contributed by atoms with E-state index in [1.54, 1.807) is 36.7 Å².